The topological polar surface area (TPSA) is 46.2 Å². The van der Waals surface area contributed by atoms with Crippen molar-refractivity contribution in [3.63, 3.8) is 0 Å². The van der Waals surface area contributed by atoms with Gasteiger partial charge in [-0.25, -0.2) is 0 Å². The predicted octanol–water partition coefficient (Wildman–Crippen LogP) is 2.75. The van der Waals surface area contributed by atoms with Crippen LogP contribution >= 0.6 is 0 Å². The van der Waals surface area contributed by atoms with Crippen LogP contribution in [0.5, 0.6) is 0 Å². The Bertz CT molecular complexity index is 364. The van der Waals surface area contributed by atoms with Crippen LogP contribution in [0, 0.1) is 0 Å². The van der Waals surface area contributed by atoms with Crippen molar-refractivity contribution in [2.75, 3.05) is 20.0 Å². The fourth-order valence-corrected chi connectivity index (χ4v) is 3.05. The van der Waals surface area contributed by atoms with Gasteiger partial charge >= 0.3 is 0 Å². The Morgan fingerprint density at radius 1 is 1.29 bits per heavy atom. The normalized spacial score (nSPS) is 31.6. The maximum atomic E-state index is 5.83. The van der Waals surface area contributed by atoms with E-state index in [4.69, 9.17) is 23.7 Å². The summed E-state index contributed by atoms with van der Waals surface area (Å²) in [5.74, 6) is -0.547. The van der Waals surface area contributed by atoms with Gasteiger partial charge in [0.05, 0.1) is 12.9 Å². The van der Waals surface area contributed by atoms with Gasteiger partial charge in [-0.1, -0.05) is 19.6 Å². The van der Waals surface area contributed by atoms with Crippen LogP contribution in [-0.4, -0.2) is 52.2 Å². The molecule has 0 saturated carbocycles. The van der Waals surface area contributed by atoms with Crippen LogP contribution in [0.2, 0.25) is 25.7 Å². The maximum Gasteiger partial charge on any atom is 0.163 e. The molecule has 0 N–H and O–H groups in total. The van der Waals surface area contributed by atoms with Crippen LogP contribution < -0.4 is 0 Å². The van der Waals surface area contributed by atoms with Crippen molar-refractivity contribution in [1.29, 1.82) is 0 Å². The minimum absolute atomic E-state index is 0.109. The molecule has 1 fully saturated rings. The van der Waals surface area contributed by atoms with Crippen molar-refractivity contribution < 1.29 is 23.7 Å². The smallest absolute Gasteiger partial charge is 0.163 e. The maximum absolute atomic E-state index is 5.83. The first-order chi connectivity index (χ1) is 9.77. The van der Waals surface area contributed by atoms with Gasteiger partial charge in [-0.3, -0.25) is 0 Å². The molecule has 3 atom stereocenters. The van der Waals surface area contributed by atoms with Gasteiger partial charge in [0.15, 0.2) is 11.9 Å². The third-order valence-electron chi connectivity index (χ3n) is 3.56. The summed E-state index contributed by atoms with van der Waals surface area (Å²) in [4.78, 5) is 0. The standard InChI is InChI=1S/C15H28O5Si/c1-15(2)19-10-13(20-15)14-12(6-7-17-14)18-11-16-8-9-21(3,4)5/h6-7,12-14H,8-11H2,1-5H3/t12-,13-,14+/m0/s1. The first-order valence-electron chi connectivity index (χ1n) is 7.60. The lowest BCUT2D eigenvalue weighted by atomic mass is 10.1. The van der Waals surface area contributed by atoms with Gasteiger partial charge in [-0.05, 0) is 26.0 Å². The molecule has 6 heteroatoms. The minimum Gasteiger partial charge on any atom is -0.492 e. The second-order valence-electron chi connectivity index (χ2n) is 7.26. The van der Waals surface area contributed by atoms with Gasteiger partial charge in [-0.15, -0.1) is 0 Å². The van der Waals surface area contributed by atoms with E-state index in [1.54, 1.807) is 6.26 Å². The summed E-state index contributed by atoms with van der Waals surface area (Å²) in [6, 6.07) is 1.14. The zero-order valence-electron chi connectivity index (χ0n) is 13.8. The molecular formula is C15H28O5Si. The van der Waals surface area contributed by atoms with E-state index in [9.17, 15) is 0 Å². The Kier molecular flexibility index (Phi) is 5.48. The molecule has 0 radical (unpaired) electrons. The highest BCUT2D eigenvalue weighted by Gasteiger charge is 2.43. The molecule has 2 rings (SSSR count). The number of hydrogen-bond acceptors (Lipinski definition) is 5. The lowest BCUT2D eigenvalue weighted by Crippen LogP contribution is -2.39. The summed E-state index contributed by atoms with van der Waals surface area (Å²) in [6.45, 7) is 12.4. The number of rotatable bonds is 7. The van der Waals surface area contributed by atoms with E-state index >= 15 is 0 Å². The molecule has 21 heavy (non-hydrogen) atoms. The molecule has 0 aromatic heterocycles. The highest BCUT2D eigenvalue weighted by atomic mass is 28.3. The highest BCUT2D eigenvalue weighted by Crippen LogP contribution is 2.29. The molecule has 0 aromatic rings. The van der Waals surface area contributed by atoms with Crippen LogP contribution in [0.3, 0.4) is 0 Å². The number of ether oxygens (including phenoxy) is 5. The van der Waals surface area contributed by atoms with Gasteiger partial charge in [0, 0.05) is 14.7 Å². The van der Waals surface area contributed by atoms with Crippen LogP contribution in [0.1, 0.15) is 13.8 Å². The zero-order chi connectivity index (χ0) is 15.5. The lowest BCUT2D eigenvalue weighted by molar-refractivity contribution is -0.166. The van der Waals surface area contributed by atoms with Crippen LogP contribution in [0.25, 0.3) is 0 Å². The Hall–Kier alpha value is -0.403. The van der Waals surface area contributed by atoms with E-state index in [-0.39, 0.29) is 25.1 Å². The Morgan fingerprint density at radius 3 is 2.67 bits per heavy atom. The molecular weight excluding hydrogens is 288 g/mol. The second-order valence-corrected chi connectivity index (χ2v) is 12.9. The molecule has 0 amide bonds. The lowest BCUT2D eigenvalue weighted by Gasteiger charge is -2.25. The van der Waals surface area contributed by atoms with Gasteiger partial charge in [0.1, 0.15) is 19.0 Å². The molecule has 0 unspecified atom stereocenters. The fraction of sp³-hybridized carbons (Fsp3) is 0.867. The van der Waals surface area contributed by atoms with E-state index in [0.717, 1.165) is 12.7 Å². The van der Waals surface area contributed by atoms with E-state index in [0.29, 0.717) is 6.61 Å². The van der Waals surface area contributed by atoms with Crippen LogP contribution in [-0.2, 0) is 23.7 Å². The highest BCUT2D eigenvalue weighted by molar-refractivity contribution is 6.76. The average Bonchev–Trinajstić information content (AvgIpc) is 2.93. The average molecular weight is 316 g/mol. The minimum atomic E-state index is -1.05. The van der Waals surface area contributed by atoms with Gasteiger partial charge < -0.3 is 23.7 Å². The Morgan fingerprint density at radius 2 is 2.05 bits per heavy atom. The zero-order valence-corrected chi connectivity index (χ0v) is 14.8. The van der Waals surface area contributed by atoms with E-state index in [2.05, 4.69) is 19.6 Å². The molecule has 0 aromatic carbocycles. The van der Waals surface area contributed by atoms with Crippen molar-refractivity contribution in [3.05, 3.63) is 12.3 Å². The van der Waals surface area contributed by atoms with Gasteiger partial charge in [0.2, 0.25) is 0 Å². The first kappa shape index (κ1) is 17.0. The van der Waals surface area contributed by atoms with E-state index < -0.39 is 13.9 Å². The second kappa shape index (κ2) is 6.79. The Balaban J connectivity index is 1.69. The molecule has 0 spiro atoms. The summed E-state index contributed by atoms with van der Waals surface area (Å²) in [5, 5.41) is 0. The molecule has 1 saturated heterocycles. The first-order valence-corrected chi connectivity index (χ1v) is 11.3. The van der Waals surface area contributed by atoms with Crippen molar-refractivity contribution in [1.82, 2.24) is 0 Å². The molecule has 122 valence electrons. The molecule has 2 aliphatic rings. The summed E-state index contributed by atoms with van der Waals surface area (Å²) < 4.78 is 28.3. The fourth-order valence-electron chi connectivity index (χ4n) is 2.29. The van der Waals surface area contributed by atoms with Gasteiger partial charge in [-0.2, -0.15) is 0 Å². The third-order valence-corrected chi connectivity index (χ3v) is 5.27. The van der Waals surface area contributed by atoms with Crippen molar-refractivity contribution in [2.45, 2.75) is 63.6 Å². The van der Waals surface area contributed by atoms with E-state index in [1.807, 2.05) is 19.9 Å². The summed E-state index contributed by atoms with van der Waals surface area (Å²) in [6.07, 6.45) is 3.17. The van der Waals surface area contributed by atoms with Crippen LogP contribution in [0.15, 0.2) is 12.3 Å². The molecule has 5 nitrogen and oxygen atoms in total. The molecule has 0 bridgehead atoms. The van der Waals surface area contributed by atoms with Crippen molar-refractivity contribution in [2.24, 2.45) is 0 Å². The summed E-state index contributed by atoms with van der Waals surface area (Å²) in [7, 11) is -1.05. The molecule has 2 heterocycles. The summed E-state index contributed by atoms with van der Waals surface area (Å²) >= 11 is 0. The largest absolute Gasteiger partial charge is 0.492 e. The van der Waals surface area contributed by atoms with Crippen molar-refractivity contribution in [3.8, 4) is 0 Å². The van der Waals surface area contributed by atoms with Crippen molar-refractivity contribution >= 4 is 8.07 Å². The monoisotopic (exact) mass is 316 g/mol. The Labute approximate surface area is 128 Å². The molecule has 0 aliphatic carbocycles. The van der Waals surface area contributed by atoms with Crippen LogP contribution in [0.4, 0.5) is 0 Å². The van der Waals surface area contributed by atoms with E-state index in [1.165, 1.54) is 0 Å². The summed E-state index contributed by atoms with van der Waals surface area (Å²) in [5.41, 5.74) is 0. The SMILES string of the molecule is CC1(C)OC[C@@H]([C@@H]2OC=C[C@@H]2OCOCC[Si](C)(C)C)O1. The number of hydrogen-bond donors (Lipinski definition) is 0. The third kappa shape index (κ3) is 5.38. The quantitative estimate of drug-likeness (QED) is 0.410. The predicted molar refractivity (Wildman–Crippen MR) is 82.8 cm³/mol. The molecule has 2 aliphatic heterocycles. The van der Waals surface area contributed by atoms with Gasteiger partial charge in [0.25, 0.3) is 0 Å².